The van der Waals surface area contributed by atoms with Crippen molar-refractivity contribution in [1.29, 1.82) is 0 Å². The van der Waals surface area contributed by atoms with Gasteiger partial charge in [0.2, 0.25) is 0 Å². The Labute approximate surface area is 468 Å². The summed E-state index contributed by atoms with van der Waals surface area (Å²) in [6.45, 7) is 13.8. The second-order valence-corrected chi connectivity index (χ2v) is 21.6. The van der Waals surface area contributed by atoms with Crippen molar-refractivity contribution in [3.05, 3.63) is 240 Å². The number of benzene rings is 12. The third-order valence-corrected chi connectivity index (χ3v) is 17.2. The van der Waals surface area contributed by atoms with Gasteiger partial charge >= 0.3 is 0 Å². The van der Waals surface area contributed by atoms with Crippen LogP contribution in [-0.2, 0) is 38.5 Å². The second-order valence-electron chi connectivity index (χ2n) is 21.6. The van der Waals surface area contributed by atoms with Crippen molar-refractivity contribution in [1.82, 2.24) is 0 Å². The van der Waals surface area contributed by atoms with E-state index in [0.717, 1.165) is 127 Å². The lowest BCUT2D eigenvalue weighted by Gasteiger charge is -2.25. The predicted molar refractivity (Wildman–Crippen MR) is 341 cm³/mol. The van der Waals surface area contributed by atoms with E-state index >= 15 is 0 Å². The van der Waals surface area contributed by atoms with Crippen LogP contribution in [0.1, 0.15) is 74.9 Å². The smallest absolute Gasteiger partial charge is 0.143 e. The van der Waals surface area contributed by atoms with Crippen LogP contribution in [0.5, 0.6) is 0 Å². The molecule has 0 bridgehead atoms. The second kappa shape index (κ2) is 20.0. The number of para-hydroxylation sites is 4. The number of furan rings is 2. The SMILES string of the molecule is CCc1cc(CC)c(-c2cc3c4oc5cc(N(c6ccccc6)c6ccccc6)ccc5c4cc4c(-c5c(CC)cc(CC)cc5CC)cc5c6oc7cc(N(c8ccccc8)c8ccccc8)ccc7c6cc2c5c43)c(CC)c1. The van der Waals surface area contributed by atoms with Crippen LogP contribution in [0.3, 0.4) is 0 Å². The largest absolute Gasteiger partial charge is 0.455 e. The first-order valence-corrected chi connectivity index (χ1v) is 29.0. The van der Waals surface area contributed by atoms with Crippen LogP contribution in [0.15, 0.2) is 215 Å². The van der Waals surface area contributed by atoms with Crippen LogP contribution in [0, 0.1) is 0 Å². The first-order valence-electron chi connectivity index (χ1n) is 29.0. The molecule has 0 fully saturated rings. The summed E-state index contributed by atoms with van der Waals surface area (Å²) in [5.74, 6) is 0. The van der Waals surface area contributed by atoms with E-state index in [-0.39, 0.29) is 0 Å². The van der Waals surface area contributed by atoms with Gasteiger partial charge in [0.15, 0.2) is 0 Å². The molecule has 80 heavy (non-hydrogen) atoms. The highest BCUT2D eigenvalue weighted by atomic mass is 16.3. The maximum absolute atomic E-state index is 7.47. The molecule has 2 aromatic heterocycles. The van der Waals surface area contributed by atoms with E-state index in [4.69, 9.17) is 8.83 Å². The lowest BCUT2D eigenvalue weighted by Crippen LogP contribution is -2.09. The maximum Gasteiger partial charge on any atom is 0.143 e. The van der Waals surface area contributed by atoms with Crippen LogP contribution in [0.2, 0.25) is 0 Å². The number of hydrogen-bond donors (Lipinski definition) is 0. The molecule has 0 aliphatic heterocycles. The van der Waals surface area contributed by atoms with Gasteiger partial charge in [-0.2, -0.15) is 0 Å². The standard InChI is InChI=1S/C76H64N2O2/c1-7-47-37-49(9-3)71(50(10-4)38-47)61-45-67-74-64(44-66-60-36-34-58(42-70(60)79-75(66)67)78(55-29-21-15-22-30-55)56-31-23-16-24-32-56)62(72-51(11-5)39-48(8-2)40-52(72)12-6)46-68-73(74)63(61)43-65-59-35-33-57(41-69(59)80-76(65)68)77(53-25-17-13-18-26-53)54-27-19-14-20-28-54/h13-46H,7-12H2,1-6H3. The molecule has 14 rings (SSSR count). The Morgan fingerprint density at radius 1 is 0.275 bits per heavy atom. The van der Waals surface area contributed by atoms with Gasteiger partial charge in [0, 0.05) is 89.3 Å². The van der Waals surface area contributed by atoms with Crippen LogP contribution < -0.4 is 9.80 Å². The summed E-state index contributed by atoms with van der Waals surface area (Å²) in [4.78, 5) is 4.64. The first kappa shape index (κ1) is 49.2. The zero-order valence-electron chi connectivity index (χ0n) is 46.6. The third kappa shape index (κ3) is 7.87. The zero-order chi connectivity index (χ0) is 54.2. The van der Waals surface area contributed by atoms with Crippen molar-refractivity contribution >= 4 is 110 Å². The van der Waals surface area contributed by atoms with E-state index in [2.05, 4.69) is 258 Å². The van der Waals surface area contributed by atoms with Crippen LogP contribution in [-0.4, -0.2) is 0 Å². The summed E-state index contributed by atoms with van der Waals surface area (Å²) in [5.41, 5.74) is 23.4. The molecular weight excluding hydrogens is 973 g/mol. The average Bonchev–Trinajstić information content (AvgIpc) is 4.16. The van der Waals surface area contributed by atoms with Gasteiger partial charge in [0.25, 0.3) is 0 Å². The van der Waals surface area contributed by atoms with Gasteiger partial charge < -0.3 is 18.6 Å². The third-order valence-electron chi connectivity index (χ3n) is 17.2. The van der Waals surface area contributed by atoms with Crippen molar-refractivity contribution in [2.75, 3.05) is 9.80 Å². The zero-order valence-corrected chi connectivity index (χ0v) is 46.6. The number of aryl methyl sites for hydroxylation is 6. The lowest BCUT2D eigenvalue weighted by atomic mass is 9.80. The summed E-state index contributed by atoms with van der Waals surface area (Å²) in [6.07, 6.45) is 5.65. The molecule has 0 radical (unpaired) electrons. The fourth-order valence-corrected chi connectivity index (χ4v) is 13.3. The highest BCUT2D eigenvalue weighted by molar-refractivity contribution is 6.38. The summed E-state index contributed by atoms with van der Waals surface area (Å²) in [7, 11) is 0. The molecule has 4 heteroatoms. The number of rotatable bonds is 14. The first-order chi connectivity index (χ1) is 39.4. The molecule has 0 aliphatic rings. The van der Waals surface area contributed by atoms with E-state index < -0.39 is 0 Å². The molecule has 0 saturated heterocycles. The fourth-order valence-electron chi connectivity index (χ4n) is 13.3. The van der Waals surface area contributed by atoms with Crippen LogP contribution in [0.25, 0.3) is 98.4 Å². The molecule has 0 spiro atoms. The molecule has 390 valence electrons. The number of nitrogens with zero attached hydrogens (tertiary/aromatic N) is 2. The van der Waals surface area contributed by atoms with Crippen molar-refractivity contribution in [3.8, 4) is 22.3 Å². The summed E-state index contributed by atoms with van der Waals surface area (Å²) < 4.78 is 14.9. The molecule has 12 aromatic carbocycles. The van der Waals surface area contributed by atoms with Crippen LogP contribution in [0.4, 0.5) is 34.1 Å². The lowest BCUT2D eigenvalue weighted by molar-refractivity contribution is 0.672. The normalized spacial score (nSPS) is 11.9. The van der Waals surface area contributed by atoms with Gasteiger partial charge in [-0.05, 0) is 202 Å². The summed E-state index contributed by atoms with van der Waals surface area (Å²) in [6, 6.07) is 76.0. The topological polar surface area (TPSA) is 32.8 Å². The average molecular weight is 1040 g/mol. The molecule has 0 unspecified atom stereocenters. The molecule has 2 heterocycles. The van der Waals surface area contributed by atoms with Crippen molar-refractivity contribution in [3.63, 3.8) is 0 Å². The minimum atomic E-state index is 0.856. The van der Waals surface area contributed by atoms with Crippen molar-refractivity contribution in [2.45, 2.75) is 80.1 Å². The van der Waals surface area contributed by atoms with Gasteiger partial charge in [-0.25, -0.2) is 0 Å². The van der Waals surface area contributed by atoms with E-state index in [9.17, 15) is 0 Å². The summed E-state index contributed by atoms with van der Waals surface area (Å²) in [5, 5.41) is 11.6. The number of hydrogen-bond acceptors (Lipinski definition) is 4. The highest BCUT2D eigenvalue weighted by Gasteiger charge is 2.28. The number of fused-ring (bicyclic) bond motifs is 8. The predicted octanol–water partition coefficient (Wildman–Crippen LogP) is 22.0. The monoisotopic (exact) mass is 1040 g/mol. The van der Waals surface area contributed by atoms with E-state index in [0.29, 0.717) is 0 Å². The van der Waals surface area contributed by atoms with Gasteiger partial charge in [-0.3, -0.25) is 0 Å². The van der Waals surface area contributed by atoms with Gasteiger partial charge in [-0.1, -0.05) is 139 Å². The van der Waals surface area contributed by atoms with Crippen molar-refractivity contribution in [2.24, 2.45) is 0 Å². The molecular formula is C76H64N2O2. The van der Waals surface area contributed by atoms with Gasteiger partial charge in [-0.15, -0.1) is 0 Å². The molecule has 0 aliphatic carbocycles. The Balaban J connectivity index is 1.14. The Morgan fingerprint density at radius 2 is 0.600 bits per heavy atom. The summed E-state index contributed by atoms with van der Waals surface area (Å²) >= 11 is 0. The minimum absolute atomic E-state index is 0.856. The quantitative estimate of drug-likeness (QED) is 0.102. The van der Waals surface area contributed by atoms with E-state index in [1.165, 1.54) is 77.2 Å². The molecule has 0 amide bonds. The molecule has 14 aromatic rings. The molecule has 0 atom stereocenters. The Bertz CT molecular complexity index is 4220. The van der Waals surface area contributed by atoms with Gasteiger partial charge in [0.1, 0.15) is 22.3 Å². The van der Waals surface area contributed by atoms with Crippen LogP contribution >= 0.6 is 0 Å². The molecule has 0 N–H and O–H groups in total. The molecule has 4 nitrogen and oxygen atoms in total. The van der Waals surface area contributed by atoms with E-state index in [1.807, 2.05) is 0 Å². The Hall–Kier alpha value is -9.12. The van der Waals surface area contributed by atoms with Crippen molar-refractivity contribution < 1.29 is 8.83 Å². The Kier molecular flexibility index (Phi) is 12.3. The fraction of sp³-hybridized carbons (Fsp3) is 0.158. The Morgan fingerprint density at radius 3 is 0.900 bits per heavy atom. The minimum Gasteiger partial charge on any atom is -0.455 e. The maximum atomic E-state index is 7.47. The van der Waals surface area contributed by atoms with Gasteiger partial charge in [0.05, 0.1) is 0 Å². The van der Waals surface area contributed by atoms with E-state index in [1.54, 1.807) is 0 Å². The molecule has 0 saturated carbocycles. The number of anilines is 6. The highest BCUT2D eigenvalue weighted by Crippen LogP contribution is 2.53.